The van der Waals surface area contributed by atoms with Gasteiger partial charge >= 0.3 is 0 Å². The molecule has 0 aromatic carbocycles. The van der Waals surface area contributed by atoms with Crippen molar-refractivity contribution in [3.63, 3.8) is 0 Å². The molecule has 0 unspecified atom stereocenters. The number of aliphatic hydroxyl groups excluding tert-OH is 5. The molecule has 582 valence electrons. The zero-order chi connectivity index (χ0) is 65.9. The Kier molecular flexibility index (Phi) is 230. The minimum absolute atomic E-state index is 0. The molecule has 0 heterocycles. The van der Waals surface area contributed by atoms with E-state index in [9.17, 15) is 10.2 Å². The molecule has 0 amide bonds. The summed E-state index contributed by atoms with van der Waals surface area (Å²) < 4.78 is 0. The molecule has 14 heteroatoms. The molecule has 10 nitrogen and oxygen atoms in total. The quantitative estimate of drug-likeness (QED) is 0.0160. The number of hydrogen-bond acceptors (Lipinski definition) is 14. The third-order valence-corrected chi connectivity index (χ3v) is 14.9. The van der Waals surface area contributed by atoms with Crippen molar-refractivity contribution >= 4 is 57.3 Å². The van der Waals surface area contributed by atoms with Crippen molar-refractivity contribution in [2.75, 3.05) is 84.4 Å². The van der Waals surface area contributed by atoms with Crippen LogP contribution in [0.2, 0.25) is 0 Å². The molecule has 91 heavy (non-hydrogen) atoms. The van der Waals surface area contributed by atoms with Crippen LogP contribution < -0.4 is 11.5 Å². The van der Waals surface area contributed by atoms with Crippen molar-refractivity contribution in [3.8, 4) is 0 Å². The fourth-order valence-electron chi connectivity index (χ4n) is 9.00. The summed E-state index contributed by atoms with van der Waals surface area (Å²) >= 11 is 15.5. The van der Waals surface area contributed by atoms with Crippen LogP contribution in [0.15, 0.2) is 0 Å². The third kappa shape index (κ3) is 165. The average Bonchev–Trinajstić information content (AvgIpc) is 3.68. The van der Waals surface area contributed by atoms with Crippen LogP contribution in [-0.2, 0) is 4.79 Å². The topological polar surface area (TPSA) is 177 Å². The molecule has 0 radical (unpaired) electrons. The maximum atomic E-state index is 9.85. The van der Waals surface area contributed by atoms with Crippen LogP contribution in [0.25, 0.3) is 0 Å². The Morgan fingerprint density at radius 1 is 0.308 bits per heavy atom. The lowest BCUT2D eigenvalue weighted by Crippen LogP contribution is -2.31. The maximum absolute atomic E-state index is 9.85. The van der Waals surface area contributed by atoms with Crippen molar-refractivity contribution in [2.45, 2.75) is 414 Å². The first-order valence-corrected chi connectivity index (χ1v) is 38.4. The van der Waals surface area contributed by atoms with E-state index in [1.807, 2.05) is 13.7 Å². The van der Waals surface area contributed by atoms with Crippen LogP contribution in [0.3, 0.4) is 0 Å². The van der Waals surface area contributed by atoms with Crippen LogP contribution in [-0.4, -0.2) is 139 Å². The number of nitrogens with zero attached hydrogens (tertiary/aromatic N) is 2. The Morgan fingerprint density at radius 3 is 0.593 bits per heavy atom. The van der Waals surface area contributed by atoms with Gasteiger partial charge in [-0.25, -0.2) is 0 Å². The van der Waals surface area contributed by atoms with Crippen LogP contribution in [0, 0.1) is 0 Å². The minimum atomic E-state index is -0.0256. The highest BCUT2D eigenvalue weighted by molar-refractivity contribution is 7.80. The SMILES string of the molecule is C.C.C.C.C.C.C.C=O.CCCCCCCCC(O)CCCCCCCC.CCCCCCCCC(O)CCCCCCCC.CCCCCCCCN(CN)CCCCCS.CCCCCCCCN(CN)CCCCCS.CCCO.CO.CO.CS.CS.[HH].[HH]. The van der Waals surface area contributed by atoms with Gasteiger partial charge in [-0.15, -0.1) is 0 Å². The lowest BCUT2D eigenvalue weighted by atomic mass is 10.0. The van der Waals surface area contributed by atoms with E-state index >= 15 is 0 Å². The molecule has 0 saturated carbocycles. The van der Waals surface area contributed by atoms with Gasteiger partial charge in [-0.2, -0.15) is 50.5 Å². The zero-order valence-corrected chi connectivity index (χ0v) is 62.5. The Bertz CT molecular complexity index is 835. The number of nitrogens with two attached hydrogens (primary N) is 2. The second-order valence-corrected chi connectivity index (χ2v) is 22.9. The molecule has 0 rings (SSSR count). The summed E-state index contributed by atoms with van der Waals surface area (Å²) in [6, 6.07) is 0. The molecule has 0 aromatic heterocycles. The Hall–Kier alpha value is 0.710. The summed E-state index contributed by atoms with van der Waals surface area (Å²) in [4.78, 5) is 12.8. The fraction of sp³-hybridized carbons (Fsp3) is 0.987. The molecule has 0 aliphatic heterocycles. The smallest absolute Gasteiger partial charge is 0.106 e. The molecule has 9 N–H and O–H groups in total. The molecular formula is C77H194N4O6S4. The minimum Gasteiger partial charge on any atom is -0.400 e. The predicted octanol–water partition coefficient (Wildman–Crippen LogP) is 24.5. The van der Waals surface area contributed by atoms with Gasteiger partial charge in [-0.3, -0.25) is 9.80 Å². The number of hydrogen-bond donors (Lipinski definition) is 11. The largest absolute Gasteiger partial charge is 0.400 e. The molecule has 0 atom stereocenters. The molecule has 0 saturated heterocycles. The fourth-order valence-corrected chi connectivity index (χ4v) is 9.45. The molecule has 0 aliphatic rings. The summed E-state index contributed by atoms with van der Waals surface area (Å²) in [5, 5.41) is 41.6. The Labute approximate surface area is 606 Å². The normalized spacial score (nSPS) is 9.34. The summed E-state index contributed by atoms with van der Waals surface area (Å²) in [6.07, 6.45) is 64.2. The summed E-state index contributed by atoms with van der Waals surface area (Å²) in [7, 11) is 2.00. The van der Waals surface area contributed by atoms with E-state index in [4.69, 9.17) is 31.6 Å². The lowest BCUT2D eigenvalue weighted by Gasteiger charge is -2.19. The maximum Gasteiger partial charge on any atom is 0.106 e. The Balaban J connectivity index is -0.0000000419. The first-order valence-electron chi connectivity index (χ1n) is 35.3. The lowest BCUT2D eigenvalue weighted by molar-refractivity contribution is -0.0980. The van der Waals surface area contributed by atoms with E-state index < -0.39 is 0 Å². The van der Waals surface area contributed by atoms with Gasteiger partial charge in [0, 0.05) is 37.0 Å². The second kappa shape index (κ2) is 155. The molecule has 0 bridgehead atoms. The average molecular weight is 1400 g/mol. The summed E-state index contributed by atoms with van der Waals surface area (Å²) in [5.41, 5.74) is 11.5. The molecule has 0 spiro atoms. The van der Waals surface area contributed by atoms with Gasteiger partial charge in [-0.1, -0.05) is 332 Å². The standard InChI is InChI=1S/2C17H36O.2C14H32N2S.C3H8O.2CH4O.CH2O.2CH4S.7CH4.2H2/c2*1-3-5-7-9-11-13-15-17(18)16-14-12-10-8-6-4-2;2*1-2-3-4-5-6-8-11-16(14-15)12-9-7-10-13-17;1-2-3-4;5*1-2;;;;;;;;;/h2*17-18H,3-16H2,1-2H3;2*17H,2-15H2,1H3;4H,2-3H2,1H3;2*2H,1H3;1H2;2*2H,1H3;7*1H4;2*1H. The first kappa shape index (κ1) is 135. The predicted molar refractivity (Wildman–Crippen MR) is 449 cm³/mol. The van der Waals surface area contributed by atoms with Gasteiger partial charge in [-0.05, 0) is 121 Å². The van der Waals surface area contributed by atoms with Gasteiger partial charge in [0.1, 0.15) is 6.79 Å². The van der Waals surface area contributed by atoms with Gasteiger partial charge in [0.25, 0.3) is 0 Å². The molecule has 0 fully saturated rings. The zero-order valence-electron chi connectivity index (χ0n) is 58.9. The van der Waals surface area contributed by atoms with Crippen molar-refractivity contribution in [1.82, 2.24) is 9.80 Å². The highest BCUT2D eigenvalue weighted by Crippen LogP contribution is 2.16. The number of rotatable bonds is 55. The van der Waals surface area contributed by atoms with Crippen LogP contribution in [0.4, 0.5) is 0 Å². The molecular weight excluding hydrogens is 1210 g/mol. The number of carbonyl (C=O) groups excluding carboxylic acids is 1. The van der Waals surface area contributed by atoms with Crippen molar-refractivity contribution < 1.29 is 33.2 Å². The first-order chi connectivity index (χ1) is 41.2. The highest BCUT2D eigenvalue weighted by atomic mass is 32.1. The Morgan fingerprint density at radius 2 is 0.451 bits per heavy atom. The third-order valence-electron chi connectivity index (χ3n) is 14.2. The summed E-state index contributed by atoms with van der Waals surface area (Å²) in [6.45, 7) is 23.9. The van der Waals surface area contributed by atoms with Crippen molar-refractivity contribution in [1.29, 1.82) is 0 Å². The molecule has 0 aliphatic carbocycles. The van der Waals surface area contributed by atoms with Crippen LogP contribution in [0.5, 0.6) is 0 Å². The number of unbranched alkanes of at least 4 members (excludes halogenated alkanes) is 34. The number of thiol groups is 4. The van der Waals surface area contributed by atoms with Gasteiger partial charge in [0.05, 0.1) is 12.2 Å². The van der Waals surface area contributed by atoms with E-state index in [1.165, 1.54) is 296 Å². The number of carbonyl (C=O) groups is 1. The van der Waals surface area contributed by atoms with Gasteiger partial charge in [0.2, 0.25) is 0 Å². The van der Waals surface area contributed by atoms with E-state index in [0.29, 0.717) is 6.61 Å². The van der Waals surface area contributed by atoms with Gasteiger partial charge < -0.3 is 41.8 Å². The van der Waals surface area contributed by atoms with E-state index in [-0.39, 0.29) is 67.0 Å². The van der Waals surface area contributed by atoms with E-state index in [0.717, 1.165) is 71.2 Å². The monoisotopic (exact) mass is 1400 g/mol. The molecule has 0 aromatic rings. The van der Waals surface area contributed by atoms with Crippen molar-refractivity contribution in [3.05, 3.63) is 0 Å². The number of aliphatic hydroxyl groups is 5. The van der Waals surface area contributed by atoms with Crippen molar-refractivity contribution in [2.24, 2.45) is 11.5 Å². The second-order valence-electron chi connectivity index (χ2n) is 22.0. The van der Waals surface area contributed by atoms with E-state index in [2.05, 4.69) is 102 Å². The highest BCUT2D eigenvalue weighted by Gasteiger charge is 2.06. The summed E-state index contributed by atoms with van der Waals surface area (Å²) in [5.74, 6) is 2.03. The van der Waals surface area contributed by atoms with Crippen LogP contribution >= 0.6 is 50.5 Å². The van der Waals surface area contributed by atoms with Gasteiger partial charge in [0.15, 0.2) is 0 Å². The van der Waals surface area contributed by atoms with Crippen LogP contribution in [0.1, 0.15) is 405 Å². The van der Waals surface area contributed by atoms with E-state index in [1.54, 1.807) is 12.5 Å².